The normalized spacial score (nSPS) is 31.9. The predicted molar refractivity (Wildman–Crippen MR) is 98.4 cm³/mol. The second kappa shape index (κ2) is 8.03. The Morgan fingerprint density at radius 2 is 1.79 bits per heavy atom. The van der Waals surface area contributed by atoms with Crippen molar-refractivity contribution in [3.8, 4) is 0 Å². The van der Waals surface area contributed by atoms with Crippen molar-refractivity contribution in [1.29, 1.82) is 0 Å². The van der Waals surface area contributed by atoms with Crippen LogP contribution in [0.2, 0.25) is 0 Å². The molecule has 24 heavy (non-hydrogen) atoms. The van der Waals surface area contributed by atoms with E-state index in [4.69, 9.17) is 9.47 Å². The topological polar surface area (TPSA) is 24.9 Å². The minimum atomic E-state index is 0.333. The lowest BCUT2D eigenvalue weighted by molar-refractivity contribution is -0.0134. The molecule has 3 aliphatic heterocycles. The number of likely N-dealkylation sites (N-methyl/N-ethyl adjacent to an activating group) is 1. The van der Waals surface area contributed by atoms with Gasteiger partial charge in [-0.05, 0) is 85.4 Å². The molecule has 4 heteroatoms. The summed E-state index contributed by atoms with van der Waals surface area (Å²) < 4.78 is 12.2. The number of rotatable bonds is 8. The van der Waals surface area contributed by atoms with Gasteiger partial charge < -0.3 is 14.4 Å². The highest BCUT2D eigenvalue weighted by molar-refractivity contribution is 5.00. The van der Waals surface area contributed by atoms with E-state index >= 15 is 0 Å². The van der Waals surface area contributed by atoms with E-state index in [1.165, 1.54) is 58.2 Å². The van der Waals surface area contributed by atoms with Crippen molar-refractivity contribution in [3.05, 3.63) is 0 Å². The third-order valence-corrected chi connectivity index (χ3v) is 6.51. The van der Waals surface area contributed by atoms with E-state index in [1.807, 2.05) is 0 Å². The van der Waals surface area contributed by atoms with Gasteiger partial charge in [-0.3, -0.25) is 4.90 Å². The second-order valence-electron chi connectivity index (χ2n) is 8.85. The van der Waals surface area contributed by atoms with Gasteiger partial charge in [0.1, 0.15) is 0 Å². The van der Waals surface area contributed by atoms with E-state index in [0.717, 1.165) is 19.1 Å². The summed E-state index contributed by atoms with van der Waals surface area (Å²) in [5.74, 6) is 0.756. The highest BCUT2D eigenvalue weighted by Gasteiger charge is 2.44. The molecule has 3 heterocycles. The molecular weight excluding hydrogens is 300 g/mol. The third-order valence-electron chi connectivity index (χ3n) is 6.51. The molecular formula is C20H38N2O2. The fourth-order valence-corrected chi connectivity index (χ4v) is 5.16. The van der Waals surface area contributed by atoms with Crippen LogP contribution in [0.1, 0.15) is 59.3 Å². The van der Waals surface area contributed by atoms with Crippen LogP contribution in [0.15, 0.2) is 0 Å². The van der Waals surface area contributed by atoms with Crippen molar-refractivity contribution >= 4 is 0 Å². The average Bonchev–Trinajstić information content (AvgIpc) is 3.17. The maximum atomic E-state index is 6.37. The Labute approximate surface area is 148 Å². The van der Waals surface area contributed by atoms with Gasteiger partial charge in [0.2, 0.25) is 0 Å². The minimum absolute atomic E-state index is 0.333. The van der Waals surface area contributed by atoms with Gasteiger partial charge in [0, 0.05) is 18.1 Å². The lowest BCUT2D eigenvalue weighted by Gasteiger charge is -2.33. The Kier molecular flexibility index (Phi) is 6.23. The first kappa shape index (κ1) is 18.6. The standard InChI is InChI=1S/C20H38N2O2/c1-16(2)23-14-19-12-18(13-21(19)4)11-17(3)24-15-20-7-5-9-22(20)10-6-8-20/h16-19H,5-15H2,1-4H3. The van der Waals surface area contributed by atoms with Gasteiger partial charge in [-0.15, -0.1) is 0 Å². The molecule has 0 aromatic heterocycles. The van der Waals surface area contributed by atoms with Crippen LogP contribution in [0.4, 0.5) is 0 Å². The van der Waals surface area contributed by atoms with Gasteiger partial charge in [0.15, 0.2) is 0 Å². The third kappa shape index (κ3) is 4.32. The van der Waals surface area contributed by atoms with Crippen LogP contribution in [0.5, 0.6) is 0 Å². The Morgan fingerprint density at radius 3 is 2.46 bits per heavy atom. The number of hydrogen-bond donors (Lipinski definition) is 0. The first-order chi connectivity index (χ1) is 11.5. The maximum Gasteiger partial charge on any atom is 0.0654 e. The number of hydrogen-bond acceptors (Lipinski definition) is 4. The summed E-state index contributed by atoms with van der Waals surface area (Å²) in [4.78, 5) is 5.18. The SMILES string of the molecule is CC(C)OCC1CC(CC(C)OCC23CCCN2CCC3)CN1C. The minimum Gasteiger partial charge on any atom is -0.377 e. The molecule has 0 saturated carbocycles. The summed E-state index contributed by atoms with van der Waals surface area (Å²) in [5.41, 5.74) is 0.397. The van der Waals surface area contributed by atoms with Gasteiger partial charge in [-0.2, -0.15) is 0 Å². The van der Waals surface area contributed by atoms with Gasteiger partial charge in [-0.1, -0.05) is 0 Å². The molecule has 0 aromatic carbocycles. The van der Waals surface area contributed by atoms with Crippen LogP contribution in [-0.2, 0) is 9.47 Å². The molecule has 3 saturated heterocycles. The van der Waals surface area contributed by atoms with Crippen LogP contribution >= 0.6 is 0 Å². The molecule has 0 N–H and O–H groups in total. The van der Waals surface area contributed by atoms with E-state index in [2.05, 4.69) is 37.6 Å². The average molecular weight is 339 g/mol. The van der Waals surface area contributed by atoms with Crippen LogP contribution in [0.25, 0.3) is 0 Å². The van der Waals surface area contributed by atoms with Crippen molar-refractivity contribution in [2.24, 2.45) is 5.92 Å². The molecule has 0 aromatic rings. The molecule has 3 rings (SSSR count). The largest absolute Gasteiger partial charge is 0.377 e. The van der Waals surface area contributed by atoms with Crippen LogP contribution in [-0.4, -0.2) is 73.5 Å². The van der Waals surface area contributed by atoms with Crippen LogP contribution in [0.3, 0.4) is 0 Å². The van der Waals surface area contributed by atoms with Crippen molar-refractivity contribution in [1.82, 2.24) is 9.80 Å². The summed E-state index contributed by atoms with van der Waals surface area (Å²) in [6.07, 6.45) is 8.59. The van der Waals surface area contributed by atoms with E-state index in [-0.39, 0.29) is 0 Å². The Hall–Kier alpha value is -0.160. The van der Waals surface area contributed by atoms with Gasteiger partial charge in [0.05, 0.1) is 25.4 Å². The Morgan fingerprint density at radius 1 is 1.08 bits per heavy atom. The molecule has 0 spiro atoms. The zero-order valence-electron chi connectivity index (χ0n) is 16.3. The summed E-state index contributed by atoms with van der Waals surface area (Å²) in [6.45, 7) is 12.1. The molecule has 4 nitrogen and oxygen atoms in total. The highest BCUT2D eigenvalue weighted by Crippen LogP contribution is 2.39. The molecule has 0 radical (unpaired) electrons. The van der Waals surface area contributed by atoms with Crippen molar-refractivity contribution in [2.75, 3.05) is 39.9 Å². The fourth-order valence-electron chi connectivity index (χ4n) is 5.16. The molecule has 0 amide bonds. The quantitative estimate of drug-likeness (QED) is 0.679. The predicted octanol–water partition coefficient (Wildman–Crippen LogP) is 3.16. The summed E-state index contributed by atoms with van der Waals surface area (Å²) in [7, 11) is 2.24. The smallest absolute Gasteiger partial charge is 0.0654 e. The lowest BCUT2D eigenvalue weighted by atomic mass is 9.95. The zero-order valence-corrected chi connectivity index (χ0v) is 16.3. The Balaban J connectivity index is 1.40. The molecule has 3 fully saturated rings. The van der Waals surface area contributed by atoms with Gasteiger partial charge in [-0.25, -0.2) is 0 Å². The number of ether oxygens (including phenoxy) is 2. The summed E-state index contributed by atoms with van der Waals surface area (Å²) in [5, 5.41) is 0. The molecule has 0 aliphatic carbocycles. The van der Waals surface area contributed by atoms with Crippen LogP contribution < -0.4 is 0 Å². The molecule has 3 atom stereocenters. The summed E-state index contributed by atoms with van der Waals surface area (Å²) >= 11 is 0. The lowest BCUT2D eigenvalue weighted by Crippen LogP contribution is -2.43. The Bertz CT molecular complexity index is 391. The summed E-state index contributed by atoms with van der Waals surface area (Å²) in [6, 6.07) is 0.586. The van der Waals surface area contributed by atoms with Crippen LogP contribution in [0, 0.1) is 5.92 Å². The maximum absolute atomic E-state index is 6.37. The highest BCUT2D eigenvalue weighted by atomic mass is 16.5. The fraction of sp³-hybridized carbons (Fsp3) is 1.00. The number of likely N-dealkylation sites (tertiary alicyclic amines) is 1. The molecule has 3 unspecified atom stereocenters. The molecule has 3 aliphatic rings. The zero-order chi connectivity index (χ0) is 17.2. The van der Waals surface area contributed by atoms with Gasteiger partial charge in [0.25, 0.3) is 0 Å². The number of nitrogens with zero attached hydrogens (tertiary/aromatic N) is 2. The van der Waals surface area contributed by atoms with Crippen molar-refractivity contribution < 1.29 is 9.47 Å². The first-order valence-corrected chi connectivity index (χ1v) is 10.2. The van der Waals surface area contributed by atoms with E-state index in [9.17, 15) is 0 Å². The number of fused-ring (bicyclic) bond motifs is 1. The van der Waals surface area contributed by atoms with Crippen molar-refractivity contribution in [2.45, 2.75) is 83.1 Å². The second-order valence-corrected chi connectivity index (χ2v) is 8.85. The first-order valence-electron chi connectivity index (χ1n) is 10.2. The van der Waals surface area contributed by atoms with E-state index < -0.39 is 0 Å². The molecule has 0 bridgehead atoms. The monoisotopic (exact) mass is 338 g/mol. The van der Waals surface area contributed by atoms with Crippen molar-refractivity contribution in [3.63, 3.8) is 0 Å². The van der Waals surface area contributed by atoms with Gasteiger partial charge >= 0.3 is 0 Å². The molecule has 140 valence electrons. The van der Waals surface area contributed by atoms with E-state index in [0.29, 0.717) is 23.8 Å². The van der Waals surface area contributed by atoms with E-state index in [1.54, 1.807) is 0 Å².